The maximum atomic E-state index is 15.0. The number of nitrogens with zero attached hydrogens (tertiary/aromatic N) is 4. The van der Waals surface area contributed by atoms with Crippen molar-refractivity contribution < 1.29 is 13.5 Å². The molecule has 4 atom stereocenters. The van der Waals surface area contributed by atoms with Crippen LogP contribution in [-0.4, -0.2) is 37.6 Å². The molecule has 3 heterocycles. The van der Waals surface area contributed by atoms with Gasteiger partial charge >= 0.3 is 0 Å². The van der Waals surface area contributed by atoms with Gasteiger partial charge in [0.1, 0.15) is 18.0 Å². The molecule has 34 heavy (non-hydrogen) atoms. The molecule has 1 aliphatic carbocycles. The van der Waals surface area contributed by atoms with Crippen molar-refractivity contribution in [2.75, 3.05) is 6.67 Å². The van der Waals surface area contributed by atoms with E-state index in [9.17, 15) is 4.39 Å². The number of alkyl halides is 1. The van der Waals surface area contributed by atoms with E-state index in [1.54, 1.807) is 31.3 Å². The van der Waals surface area contributed by atoms with Gasteiger partial charge in [-0.1, -0.05) is 29.8 Å². The third-order valence-corrected chi connectivity index (χ3v) is 7.84. The number of benzene rings is 1. The van der Waals surface area contributed by atoms with Crippen LogP contribution in [0.3, 0.4) is 0 Å². The first-order valence-corrected chi connectivity index (χ1v) is 11.7. The summed E-state index contributed by atoms with van der Waals surface area (Å²) in [5.74, 6) is 2.32. The number of fused-ring (bicyclic) bond motifs is 2. The Kier molecular flexibility index (Phi) is 5.44. The highest BCUT2D eigenvalue weighted by Crippen LogP contribution is 2.66. The van der Waals surface area contributed by atoms with Gasteiger partial charge in [-0.05, 0) is 38.0 Å². The minimum atomic E-state index is -0.923. The van der Waals surface area contributed by atoms with E-state index in [0.717, 1.165) is 5.56 Å². The Morgan fingerprint density at radius 3 is 2.94 bits per heavy atom. The van der Waals surface area contributed by atoms with Crippen LogP contribution in [0.1, 0.15) is 37.1 Å². The molecule has 0 unspecified atom stereocenters. The van der Waals surface area contributed by atoms with Gasteiger partial charge in [0, 0.05) is 24.1 Å². The first-order valence-electron chi connectivity index (χ1n) is 10.9. The van der Waals surface area contributed by atoms with Gasteiger partial charge in [-0.3, -0.25) is 9.98 Å². The number of nitrogens with two attached hydrogens (primary N) is 1. The average molecular weight is 480 g/mol. The number of rotatable bonds is 6. The number of pyridine rings is 1. The van der Waals surface area contributed by atoms with Gasteiger partial charge in [0.05, 0.1) is 27.7 Å². The second-order valence-corrected chi connectivity index (χ2v) is 10.3. The molecule has 5 rings (SSSR count). The minimum absolute atomic E-state index is 0.113. The third-order valence-electron chi connectivity index (χ3n) is 6.57. The summed E-state index contributed by atoms with van der Waals surface area (Å²) >= 11 is 1.26. The van der Waals surface area contributed by atoms with Gasteiger partial charge in [0.25, 0.3) is 0 Å². The fraction of sp³-hybridized carbons (Fsp3) is 0.360. The predicted octanol–water partition coefficient (Wildman–Crippen LogP) is 4.16. The van der Waals surface area contributed by atoms with Crippen molar-refractivity contribution in [3.63, 3.8) is 0 Å². The summed E-state index contributed by atoms with van der Waals surface area (Å²) < 4.78 is 33.8. The van der Waals surface area contributed by atoms with Crippen molar-refractivity contribution >= 4 is 28.0 Å². The van der Waals surface area contributed by atoms with E-state index in [4.69, 9.17) is 16.9 Å². The van der Waals surface area contributed by atoms with Crippen LogP contribution in [0.25, 0.3) is 11.0 Å². The fourth-order valence-electron chi connectivity index (χ4n) is 4.72. The van der Waals surface area contributed by atoms with Crippen molar-refractivity contribution in [3.8, 4) is 18.2 Å². The number of thioether (sulfide) groups is 1. The topological polar surface area (TPSA) is 86.3 Å². The zero-order valence-electron chi connectivity index (χ0n) is 18.8. The molecule has 1 aromatic carbocycles. The second-order valence-electron chi connectivity index (χ2n) is 8.91. The largest absolute Gasteiger partial charge is 0.460 e. The van der Waals surface area contributed by atoms with Crippen LogP contribution in [-0.2, 0) is 12.0 Å². The van der Waals surface area contributed by atoms with Crippen LogP contribution in [0.5, 0.6) is 5.88 Å². The highest BCUT2D eigenvalue weighted by atomic mass is 32.2. The molecule has 3 aromatic rings. The number of aliphatic imine (C=N–C) groups is 1. The number of hydrogen-bond acceptors (Lipinski definition) is 7. The summed E-state index contributed by atoms with van der Waals surface area (Å²) in [7, 11) is 0. The van der Waals surface area contributed by atoms with Crippen molar-refractivity contribution in [2.24, 2.45) is 16.6 Å². The lowest BCUT2D eigenvalue weighted by Crippen LogP contribution is -2.36. The highest BCUT2D eigenvalue weighted by Gasteiger charge is 2.66. The van der Waals surface area contributed by atoms with Crippen molar-refractivity contribution in [3.05, 3.63) is 59.3 Å². The Labute approximate surface area is 200 Å². The van der Waals surface area contributed by atoms with E-state index < -0.39 is 23.1 Å². The smallest absolute Gasteiger partial charge is 0.234 e. The summed E-state index contributed by atoms with van der Waals surface area (Å²) in [6.45, 7) is 3.07. The van der Waals surface area contributed by atoms with Crippen molar-refractivity contribution in [2.45, 2.75) is 43.1 Å². The number of aromatic nitrogens is 3. The summed E-state index contributed by atoms with van der Waals surface area (Å²) in [4.78, 5) is 18.0. The summed E-state index contributed by atoms with van der Waals surface area (Å²) in [5, 5.41) is 0.293. The van der Waals surface area contributed by atoms with Gasteiger partial charge in [0.2, 0.25) is 5.88 Å². The molecule has 174 valence electrons. The summed E-state index contributed by atoms with van der Waals surface area (Å²) in [6.07, 6.45) is 9.12. The lowest BCUT2D eigenvalue weighted by molar-refractivity contribution is 0.268. The predicted molar refractivity (Wildman–Crippen MR) is 129 cm³/mol. The molecule has 1 fully saturated rings. The molecule has 0 bridgehead atoms. The van der Waals surface area contributed by atoms with Gasteiger partial charge in [-0.2, -0.15) is 0 Å². The first kappa shape index (κ1) is 22.5. The van der Waals surface area contributed by atoms with Crippen molar-refractivity contribution in [1.29, 1.82) is 0 Å². The Morgan fingerprint density at radius 2 is 2.18 bits per heavy atom. The number of ether oxygens (including phenoxy) is 1. The number of terminal acetylenes is 1. The molecule has 0 radical (unpaired) electrons. The molecule has 6 nitrogen and oxygen atoms in total. The van der Waals surface area contributed by atoms with Gasteiger partial charge < -0.3 is 10.5 Å². The third kappa shape index (κ3) is 3.76. The van der Waals surface area contributed by atoms with Gasteiger partial charge in [-0.15, -0.1) is 6.42 Å². The molecule has 2 aliphatic rings. The monoisotopic (exact) mass is 479 g/mol. The number of amidine groups is 1. The zero-order valence-corrected chi connectivity index (χ0v) is 19.6. The Bertz CT molecular complexity index is 1360. The van der Waals surface area contributed by atoms with Crippen LogP contribution in [0.2, 0.25) is 0 Å². The van der Waals surface area contributed by atoms with Gasteiger partial charge in [0.15, 0.2) is 11.3 Å². The molecule has 0 spiro atoms. The first-order chi connectivity index (χ1) is 16.3. The second kappa shape index (κ2) is 8.20. The van der Waals surface area contributed by atoms with Crippen LogP contribution in [0.4, 0.5) is 8.78 Å². The average Bonchev–Trinajstić information content (AvgIpc) is 3.56. The van der Waals surface area contributed by atoms with E-state index in [-0.39, 0.29) is 11.7 Å². The highest BCUT2D eigenvalue weighted by molar-refractivity contribution is 8.15. The summed E-state index contributed by atoms with van der Waals surface area (Å²) in [5.41, 5.74) is 8.28. The zero-order chi connectivity index (χ0) is 24.1. The van der Waals surface area contributed by atoms with E-state index in [1.807, 2.05) is 6.92 Å². The number of hydrogen-bond donors (Lipinski definition) is 1. The maximum Gasteiger partial charge on any atom is 0.234 e. The molecule has 0 amide bonds. The minimum Gasteiger partial charge on any atom is -0.460 e. The number of halogens is 2. The molecule has 2 N–H and O–H groups in total. The van der Waals surface area contributed by atoms with Crippen LogP contribution in [0, 0.1) is 24.1 Å². The van der Waals surface area contributed by atoms with E-state index in [0.29, 0.717) is 46.2 Å². The lowest BCUT2D eigenvalue weighted by Gasteiger charge is -2.33. The van der Waals surface area contributed by atoms with Crippen LogP contribution >= 0.6 is 11.8 Å². The van der Waals surface area contributed by atoms with Gasteiger partial charge in [-0.25, -0.2) is 18.7 Å². The Morgan fingerprint density at radius 1 is 1.35 bits per heavy atom. The molecule has 9 heteroatoms. The normalized spacial score (nSPS) is 26.3. The van der Waals surface area contributed by atoms with E-state index in [2.05, 4.69) is 25.9 Å². The SMILES string of the molecule is C#C[C@H](C)Oc1cnc2c(Cc3ccc(F)c([C@@]4(C)N=C(N)S[C@@]5(CF)C[C@H]54)c3)nccc2n1. The molecule has 1 saturated carbocycles. The molecular weight excluding hydrogens is 456 g/mol. The molecular formula is C25H23F2N5OS. The summed E-state index contributed by atoms with van der Waals surface area (Å²) in [6, 6.07) is 6.66. The van der Waals surface area contributed by atoms with Crippen LogP contribution < -0.4 is 10.5 Å². The van der Waals surface area contributed by atoms with E-state index >= 15 is 4.39 Å². The van der Waals surface area contributed by atoms with Crippen molar-refractivity contribution in [1.82, 2.24) is 15.0 Å². The lowest BCUT2D eigenvalue weighted by atomic mass is 9.84. The fourth-order valence-corrected chi connectivity index (χ4v) is 6.05. The van der Waals surface area contributed by atoms with Crippen LogP contribution in [0.15, 0.2) is 41.7 Å². The molecule has 2 aromatic heterocycles. The standard InChI is InChI=1S/C25H23F2N5OS/c1-4-14(2)33-21-12-30-22-18(31-21)7-8-29-19(22)10-15-5-6-17(27)16(9-15)24(3)20-11-25(20,13-26)34-23(28)32-24/h1,5-9,12,14,20H,10-11,13H2,2-3H3,(H2,28,32)/t14-,20-,24+,25+/m0/s1. The Hall–Kier alpha value is -3.25. The quantitative estimate of drug-likeness (QED) is 0.535. The maximum absolute atomic E-state index is 15.0. The molecule has 1 aliphatic heterocycles. The molecule has 0 saturated heterocycles. The Balaban J connectivity index is 1.48. The van der Waals surface area contributed by atoms with E-state index in [1.165, 1.54) is 24.0 Å².